The zero-order chi connectivity index (χ0) is 10.8. The number of aryl methyl sites for hydroxylation is 1. The number of carbonyl (C=O) groups is 2. The summed E-state index contributed by atoms with van der Waals surface area (Å²) >= 11 is 1.47. The van der Waals surface area contributed by atoms with E-state index in [0.717, 1.165) is 16.9 Å². The van der Waals surface area contributed by atoms with Crippen molar-refractivity contribution in [2.24, 2.45) is 0 Å². The summed E-state index contributed by atoms with van der Waals surface area (Å²) in [7, 11) is 0. The van der Waals surface area contributed by atoms with E-state index in [2.05, 4.69) is 0 Å². The molecule has 0 aliphatic carbocycles. The smallest absolute Gasteiger partial charge is 0.264 e. The second-order valence-corrected chi connectivity index (χ2v) is 4.56. The fourth-order valence-electron chi connectivity index (χ4n) is 1.75. The van der Waals surface area contributed by atoms with Gasteiger partial charge in [-0.25, -0.2) is 0 Å². The van der Waals surface area contributed by atoms with E-state index in [9.17, 15) is 9.59 Å². The molecule has 0 radical (unpaired) electrons. The van der Waals surface area contributed by atoms with Crippen molar-refractivity contribution < 1.29 is 9.59 Å². The maximum absolute atomic E-state index is 12.0. The quantitative estimate of drug-likeness (QED) is 0.765. The van der Waals surface area contributed by atoms with E-state index in [4.69, 9.17) is 0 Å². The minimum absolute atomic E-state index is 0.0210. The van der Waals surface area contributed by atoms with Crippen LogP contribution in [0, 0.1) is 0 Å². The molecular weight excluding hydrogens is 210 g/mol. The molecule has 4 heteroatoms. The molecule has 3 nitrogen and oxygen atoms in total. The van der Waals surface area contributed by atoms with E-state index >= 15 is 0 Å². The number of hydrogen-bond donors (Lipinski definition) is 0. The van der Waals surface area contributed by atoms with Crippen LogP contribution in [0.25, 0.3) is 0 Å². The van der Waals surface area contributed by atoms with Gasteiger partial charge in [-0.2, -0.15) is 0 Å². The molecular formula is C11H13NO2S. The highest BCUT2D eigenvalue weighted by atomic mass is 32.1. The van der Waals surface area contributed by atoms with Crippen LogP contribution in [0.5, 0.6) is 0 Å². The van der Waals surface area contributed by atoms with Gasteiger partial charge in [0.15, 0.2) is 5.78 Å². The first-order valence-corrected chi connectivity index (χ1v) is 5.97. The molecule has 1 amide bonds. The molecule has 1 aliphatic heterocycles. The topological polar surface area (TPSA) is 37.4 Å². The maximum atomic E-state index is 12.0. The van der Waals surface area contributed by atoms with E-state index in [1.165, 1.54) is 11.3 Å². The molecule has 1 fully saturated rings. The first-order valence-electron chi connectivity index (χ1n) is 5.09. The molecule has 0 atom stereocenters. The lowest BCUT2D eigenvalue weighted by atomic mass is 10.2. The second-order valence-electron chi connectivity index (χ2n) is 3.64. The summed E-state index contributed by atoms with van der Waals surface area (Å²) in [6.07, 6.45) is 1.38. The predicted octanol–water partition coefficient (Wildman–Crippen LogP) is 1.73. The lowest BCUT2D eigenvalue weighted by Gasteiger charge is -2.13. The highest BCUT2D eigenvalue weighted by Gasteiger charge is 2.26. The average molecular weight is 223 g/mol. The van der Waals surface area contributed by atoms with Crippen LogP contribution >= 0.6 is 11.3 Å². The summed E-state index contributed by atoms with van der Waals surface area (Å²) < 4.78 is 0. The zero-order valence-electron chi connectivity index (χ0n) is 8.66. The van der Waals surface area contributed by atoms with Gasteiger partial charge in [-0.3, -0.25) is 9.59 Å². The summed E-state index contributed by atoms with van der Waals surface area (Å²) in [5.41, 5.74) is 1.09. The van der Waals surface area contributed by atoms with Gasteiger partial charge < -0.3 is 4.90 Å². The van der Waals surface area contributed by atoms with E-state index in [1.54, 1.807) is 4.90 Å². The molecule has 2 rings (SSSR count). The predicted molar refractivity (Wildman–Crippen MR) is 59.2 cm³/mol. The van der Waals surface area contributed by atoms with Crippen LogP contribution in [0.4, 0.5) is 0 Å². The molecule has 1 aliphatic rings. The van der Waals surface area contributed by atoms with E-state index in [0.29, 0.717) is 19.5 Å². The highest BCUT2D eigenvalue weighted by molar-refractivity contribution is 7.12. The van der Waals surface area contributed by atoms with Crippen molar-refractivity contribution >= 4 is 23.0 Å². The summed E-state index contributed by atoms with van der Waals surface area (Å²) in [4.78, 5) is 25.6. The van der Waals surface area contributed by atoms with Crippen molar-refractivity contribution in [1.82, 2.24) is 4.90 Å². The van der Waals surface area contributed by atoms with Gasteiger partial charge in [0.05, 0.1) is 11.4 Å². The van der Waals surface area contributed by atoms with Crippen LogP contribution in [0.15, 0.2) is 11.4 Å². The number of likely N-dealkylation sites (tertiary alicyclic amines) is 1. The average Bonchev–Trinajstić information content (AvgIpc) is 2.84. The van der Waals surface area contributed by atoms with Gasteiger partial charge in [0, 0.05) is 13.0 Å². The van der Waals surface area contributed by atoms with Crippen molar-refractivity contribution in [3.8, 4) is 0 Å². The van der Waals surface area contributed by atoms with Crippen molar-refractivity contribution in [1.29, 1.82) is 0 Å². The molecule has 0 bridgehead atoms. The van der Waals surface area contributed by atoms with Crippen LogP contribution < -0.4 is 0 Å². The van der Waals surface area contributed by atoms with E-state index < -0.39 is 0 Å². The molecule has 2 heterocycles. The summed E-state index contributed by atoms with van der Waals surface area (Å²) in [5.74, 6) is 0.186. The molecule has 1 aromatic heterocycles. The molecule has 0 unspecified atom stereocenters. The Bertz CT molecular complexity index is 397. The van der Waals surface area contributed by atoms with Crippen molar-refractivity contribution in [2.45, 2.75) is 19.8 Å². The van der Waals surface area contributed by atoms with Gasteiger partial charge in [0.1, 0.15) is 0 Å². The molecule has 15 heavy (non-hydrogen) atoms. The Balaban J connectivity index is 2.17. The molecule has 0 aromatic carbocycles. The minimum atomic E-state index is 0.0210. The van der Waals surface area contributed by atoms with Gasteiger partial charge in [-0.15, -0.1) is 11.3 Å². The van der Waals surface area contributed by atoms with Crippen LogP contribution in [0.1, 0.15) is 28.6 Å². The SMILES string of the molecule is CCc1ccsc1C(=O)N1CCC(=O)C1. The number of nitrogens with zero attached hydrogens (tertiary/aromatic N) is 1. The number of carbonyl (C=O) groups excluding carboxylic acids is 2. The van der Waals surface area contributed by atoms with Gasteiger partial charge in [-0.05, 0) is 23.4 Å². The molecule has 1 aromatic rings. The molecule has 0 saturated carbocycles. The number of Topliss-reactive ketones (excluding diaryl/α,β-unsaturated/α-hetero) is 1. The summed E-state index contributed by atoms with van der Waals surface area (Å²) in [5, 5.41) is 1.93. The van der Waals surface area contributed by atoms with Crippen LogP contribution in [-0.2, 0) is 11.2 Å². The largest absolute Gasteiger partial charge is 0.330 e. The van der Waals surface area contributed by atoms with Gasteiger partial charge in [0.25, 0.3) is 5.91 Å². The number of ketones is 1. The Morgan fingerprint density at radius 2 is 2.40 bits per heavy atom. The Hall–Kier alpha value is -1.16. The number of thiophene rings is 1. The van der Waals surface area contributed by atoms with Crippen molar-refractivity contribution in [3.05, 3.63) is 21.9 Å². The van der Waals surface area contributed by atoms with E-state index in [-0.39, 0.29) is 11.7 Å². The number of rotatable bonds is 2. The van der Waals surface area contributed by atoms with Crippen molar-refractivity contribution in [3.63, 3.8) is 0 Å². The van der Waals surface area contributed by atoms with Gasteiger partial charge in [0.2, 0.25) is 0 Å². The minimum Gasteiger partial charge on any atom is -0.330 e. The fourth-order valence-corrected chi connectivity index (χ4v) is 2.71. The van der Waals surface area contributed by atoms with Crippen LogP contribution in [0.2, 0.25) is 0 Å². The first-order chi connectivity index (χ1) is 7.22. The lowest BCUT2D eigenvalue weighted by Crippen LogP contribution is -2.28. The summed E-state index contributed by atoms with van der Waals surface area (Å²) in [6, 6.07) is 1.98. The molecule has 0 spiro atoms. The van der Waals surface area contributed by atoms with Crippen molar-refractivity contribution in [2.75, 3.05) is 13.1 Å². The second kappa shape index (κ2) is 4.14. The third-order valence-corrected chi connectivity index (χ3v) is 3.58. The standard InChI is InChI=1S/C11H13NO2S/c1-2-8-4-6-15-10(8)11(14)12-5-3-9(13)7-12/h4,6H,2-3,5,7H2,1H3. The van der Waals surface area contributed by atoms with Crippen LogP contribution in [0.3, 0.4) is 0 Å². The highest BCUT2D eigenvalue weighted by Crippen LogP contribution is 2.21. The zero-order valence-corrected chi connectivity index (χ0v) is 9.47. The fraction of sp³-hybridized carbons (Fsp3) is 0.455. The third-order valence-electron chi connectivity index (χ3n) is 2.64. The molecule has 1 saturated heterocycles. The number of hydrogen-bond acceptors (Lipinski definition) is 3. The van der Waals surface area contributed by atoms with Crippen LogP contribution in [-0.4, -0.2) is 29.7 Å². The third kappa shape index (κ3) is 1.95. The monoisotopic (exact) mass is 223 g/mol. The Kier molecular flexibility index (Phi) is 2.86. The maximum Gasteiger partial charge on any atom is 0.264 e. The normalized spacial score (nSPS) is 16.1. The van der Waals surface area contributed by atoms with E-state index in [1.807, 2.05) is 18.4 Å². The van der Waals surface area contributed by atoms with Gasteiger partial charge in [-0.1, -0.05) is 6.92 Å². The molecule has 80 valence electrons. The Morgan fingerprint density at radius 1 is 1.60 bits per heavy atom. The Morgan fingerprint density at radius 3 is 3.00 bits per heavy atom. The number of amides is 1. The van der Waals surface area contributed by atoms with Gasteiger partial charge >= 0.3 is 0 Å². The summed E-state index contributed by atoms with van der Waals surface area (Å²) in [6.45, 7) is 2.91. The molecule has 0 N–H and O–H groups in total. The lowest BCUT2D eigenvalue weighted by molar-refractivity contribution is -0.116. The first kappa shape index (κ1) is 10.4. The Labute approximate surface area is 92.7 Å².